The zero-order valence-corrected chi connectivity index (χ0v) is 10.8. The molecule has 0 aliphatic carbocycles. The number of rotatable bonds is 4. The summed E-state index contributed by atoms with van der Waals surface area (Å²) in [6.45, 7) is 8.97. The van der Waals surface area contributed by atoms with E-state index in [4.69, 9.17) is 0 Å². The molecule has 0 spiro atoms. The Hall–Kier alpha value is -0.680. The second kappa shape index (κ2) is 5.42. The predicted molar refractivity (Wildman–Crippen MR) is 68.7 cm³/mol. The summed E-state index contributed by atoms with van der Waals surface area (Å²) in [4.78, 5) is 11.0. The topological polar surface area (TPSA) is 17.1 Å². The number of hydrogen-bond donors (Lipinski definition) is 0. The Bertz CT molecular complexity index is 323. The number of carbonyl (C=O) groups excluding carboxylic acids is 1. The second-order valence-corrected chi connectivity index (χ2v) is 7.63. The molecule has 1 aromatic carbocycles. The molecule has 0 aliphatic rings. The van der Waals surface area contributed by atoms with E-state index in [9.17, 15) is 4.79 Å². The van der Waals surface area contributed by atoms with Crippen LogP contribution in [-0.2, 0) is 0 Å². The predicted octanol–water partition coefficient (Wildman–Crippen LogP) is 3.42. The highest BCUT2D eigenvalue weighted by Crippen LogP contribution is 2.45. The molecule has 0 saturated carbocycles. The largest absolute Gasteiger partial charge is 0.298 e. The zero-order valence-electron chi connectivity index (χ0n) is 9.90. The van der Waals surface area contributed by atoms with Crippen molar-refractivity contribution >= 4 is 19.5 Å². The van der Waals surface area contributed by atoms with Gasteiger partial charge in [0.05, 0.1) is 0 Å². The first kappa shape index (κ1) is 12.4. The van der Waals surface area contributed by atoms with E-state index in [-0.39, 0.29) is 7.92 Å². The van der Waals surface area contributed by atoms with E-state index in [1.807, 2.05) is 18.2 Å². The smallest absolute Gasteiger partial charge is 0.150 e. The zero-order chi connectivity index (χ0) is 11.4. The van der Waals surface area contributed by atoms with E-state index in [0.29, 0.717) is 11.3 Å². The Morgan fingerprint density at radius 2 is 1.60 bits per heavy atom. The van der Waals surface area contributed by atoms with Crippen LogP contribution in [0.25, 0.3) is 0 Å². The van der Waals surface area contributed by atoms with Crippen molar-refractivity contribution in [2.45, 2.75) is 39.0 Å². The number of carbonyl (C=O) groups is 1. The minimum absolute atomic E-state index is 0.232. The highest BCUT2D eigenvalue weighted by Gasteiger charge is 2.20. The van der Waals surface area contributed by atoms with Crippen molar-refractivity contribution in [3.63, 3.8) is 0 Å². The maximum atomic E-state index is 11.0. The fourth-order valence-electron chi connectivity index (χ4n) is 1.97. The first-order chi connectivity index (χ1) is 7.07. The van der Waals surface area contributed by atoms with Gasteiger partial charge in [0.15, 0.2) is 6.29 Å². The van der Waals surface area contributed by atoms with Gasteiger partial charge >= 0.3 is 0 Å². The fourth-order valence-corrected chi connectivity index (χ4v) is 4.96. The van der Waals surface area contributed by atoms with Gasteiger partial charge in [0.2, 0.25) is 0 Å². The van der Waals surface area contributed by atoms with Crippen LogP contribution in [0.15, 0.2) is 24.3 Å². The van der Waals surface area contributed by atoms with Gasteiger partial charge in [-0.05, 0) is 16.6 Å². The van der Waals surface area contributed by atoms with Gasteiger partial charge < -0.3 is 0 Å². The molecule has 0 aliphatic heterocycles. The maximum Gasteiger partial charge on any atom is 0.150 e. The lowest BCUT2D eigenvalue weighted by atomic mass is 10.2. The minimum Gasteiger partial charge on any atom is -0.298 e. The quantitative estimate of drug-likeness (QED) is 0.563. The van der Waals surface area contributed by atoms with Crippen LogP contribution < -0.4 is 5.30 Å². The number of benzene rings is 1. The summed E-state index contributed by atoms with van der Waals surface area (Å²) in [5.41, 5.74) is 2.12. The lowest BCUT2D eigenvalue weighted by Crippen LogP contribution is -2.18. The SMILES string of the molecule is CC(C)P(c1ccccc1C=O)C(C)C. The summed E-state index contributed by atoms with van der Waals surface area (Å²) in [6.07, 6.45) is 0.982. The Balaban J connectivity index is 3.16. The molecule has 0 radical (unpaired) electrons. The van der Waals surface area contributed by atoms with Crippen LogP contribution in [0.1, 0.15) is 38.1 Å². The normalized spacial score (nSPS) is 11.4. The molecule has 2 heteroatoms. The number of aldehydes is 1. The first-order valence-electron chi connectivity index (χ1n) is 5.40. The van der Waals surface area contributed by atoms with Crippen LogP contribution >= 0.6 is 7.92 Å². The van der Waals surface area contributed by atoms with Gasteiger partial charge in [-0.1, -0.05) is 59.9 Å². The minimum atomic E-state index is -0.232. The molecule has 0 saturated heterocycles. The molecule has 1 rings (SSSR count). The summed E-state index contributed by atoms with van der Waals surface area (Å²) in [5, 5.41) is 1.26. The summed E-state index contributed by atoms with van der Waals surface area (Å²) < 4.78 is 0. The molecule has 0 aromatic heterocycles. The molecule has 1 nitrogen and oxygen atoms in total. The summed E-state index contributed by atoms with van der Waals surface area (Å²) >= 11 is 0. The molecule has 0 amide bonds. The summed E-state index contributed by atoms with van der Waals surface area (Å²) in [5.74, 6) is 0. The van der Waals surface area contributed by atoms with Crippen molar-refractivity contribution in [3.05, 3.63) is 29.8 Å². The lowest BCUT2D eigenvalue weighted by Gasteiger charge is -2.27. The van der Waals surface area contributed by atoms with E-state index >= 15 is 0 Å². The van der Waals surface area contributed by atoms with Crippen LogP contribution in [0.3, 0.4) is 0 Å². The maximum absolute atomic E-state index is 11.0. The molecular formula is C13H19OP. The standard InChI is InChI=1S/C13H19OP/c1-10(2)15(11(3)4)13-8-6-5-7-12(13)9-14/h5-11H,1-4H3. The Morgan fingerprint density at radius 1 is 1.07 bits per heavy atom. The molecule has 0 unspecified atom stereocenters. The Labute approximate surface area is 93.6 Å². The van der Waals surface area contributed by atoms with Crippen molar-refractivity contribution in [2.75, 3.05) is 0 Å². The Morgan fingerprint density at radius 3 is 2.07 bits per heavy atom. The van der Waals surface area contributed by atoms with Gasteiger partial charge in [0.1, 0.15) is 0 Å². The molecule has 1 aromatic rings. The van der Waals surface area contributed by atoms with Gasteiger partial charge in [0, 0.05) is 5.56 Å². The first-order valence-corrected chi connectivity index (χ1v) is 6.88. The van der Waals surface area contributed by atoms with Crippen LogP contribution in [0.4, 0.5) is 0 Å². The van der Waals surface area contributed by atoms with Gasteiger partial charge in [-0.2, -0.15) is 0 Å². The lowest BCUT2D eigenvalue weighted by molar-refractivity contribution is 0.112. The highest BCUT2D eigenvalue weighted by molar-refractivity contribution is 7.67. The molecule has 0 N–H and O–H groups in total. The summed E-state index contributed by atoms with van der Waals surface area (Å²) in [7, 11) is -0.232. The van der Waals surface area contributed by atoms with Crippen molar-refractivity contribution in [2.24, 2.45) is 0 Å². The van der Waals surface area contributed by atoms with E-state index < -0.39 is 0 Å². The van der Waals surface area contributed by atoms with Crippen molar-refractivity contribution in [3.8, 4) is 0 Å². The third kappa shape index (κ3) is 2.89. The van der Waals surface area contributed by atoms with Crippen molar-refractivity contribution in [1.82, 2.24) is 0 Å². The highest BCUT2D eigenvalue weighted by atomic mass is 31.1. The van der Waals surface area contributed by atoms with Crippen LogP contribution in [-0.4, -0.2) is 17.6 Å². The third-order valence-electron chi connectivity index (χ3n) is 2.45. The van der Waals surface area contributed by atoms with Gasteiger partial charge in [-0.15, -0.1) is 0 Å². The molecule has 82 valence electrons. The molecule has 15 heavy (non-hydrogen) atoms. The van der Waals surface area contributed by atoms with Gasteiger partial charge in [-0.3, -0.25) is 4.79 Å². The molecule has 0 heterocycles. The van der Waals surface area contributed by atoms with Gasteiger partial charge in [-0.25, -0.2) is 0 Å². The van der Waals surface area contributed by atoms with Crippen molar-refractivity contribution in [1.29, 1.82) is 0 Å². The molecular weight excluding hydrogens is 203 g/mol. The third-order valence-corrected chi connectivity index (χ3v) is 5.64. The van der Waals surface area contributed by atoms with E-state index in [1.165, 1.54) is 5.30 Å². The second-order valence-electron chi connectivity index (χ2n) is 4.27. The fraction of sp³-hybridized carbons (Fsp3) is 0.462. The Kier molecular flexibility index (Phi) is 4.47. The molecule has 0 bridgehead atoms. The average molecular weight is 222 g/mol. The van der Waals surface area contributed by atoms with E-state index in [0.717, 1.165) is 11.8 Å². The van der Waals surface area contributed by atoms with Crippen LogP contribution in [0.2, 0.25) is 0 Å². The average Bonchev–Trinajstić information content (AvgIpc) is 2.17. The summed E-state index contributed by atoms with van der Waals surface area (Å²) in [6, 6.07) is 7.99. The van der Waals surface area contributed by atoms with Crippen LogP contribution in [0.5, 0.6) is 0 Å². The number of hydrogen-bond acceptors (Lipinski definition) is 1. The molecule has 0 fully saturated rings. The van der Waals surface area contributed by atoms with E-state index in [2.05, 4.69) is 33.8 Å². The monoisotopic (exact) mass is 222 g/mol. The van der Waals surface area contributed by atoms with Gasteiger partial charge in [0.25, 0.3) is 0 Å². The van der Waals surface area contributed by atoms with E-state index in [1.54, 1.807) is 0 Å². The molecule has 0 atom stereocenters. The van der Waals surface area contributed by atoms with Crippen LogP contribution in [0, 0.1) is 0 Å². The van der Waals surface area contributed by atoms with Crippen molar-refractivity contribution < 1.29 is 4.79 Å².